The third-order valence-electron chi connectivity index (χ3n) is 4.85. The number of amides is 1. The van der Waals surface area contributed by atoms with Gasteiger partial charge in [0.15, 0.2) is 0 Å². The second kappa shape index (κ2) is 6.57. The fourth-order valence-electron chi connectivity index (χ4n) is 3.55. The summed E-state index contributed by atoms with van der Waals surface area (Å²) in [5, 5.41) is 4.06. The van der Waals surface area contributed by atoms with Crippen LogP contribution < -0.4 is 0 Å². The third kappa shape index (κ3) is 3.43. The molecule has 0 N–H and O–H groups in total. The summed E-state index contributed by atoms with van der Waals surface area (Å²) in [7, 11) is 1.81. The zero-order chi connectivity index (χ0) is 17.3. The van der Waals surface area contributed by atoms with Gasteiger partial charge >= 0.3 is 0 Å². The molecule has 2 aromatic heterocycles. The zero-order valence-electron chi connectivity index (χ0n) is 14.3. The molecule has 2 saturated heterocycles. The maximum Gasteiger partial charge on any atom is 0.257 e. The Bertz CT molecular complexity index is 740. The largest absolute Gasteiger partial charge is 0.373 e. The average molecular weight is 342 g/mol. The average Bonchev–Trinajstić information content (AvgIpc) is 3.05. The van der Waals surface area contributed by atoms with Crippen molar-refractivity contribution < 1.29 is 14.3 Å². The van der Waals surface area contributed by atoms with Crippen LogP contribution in [-0.4, -0.2) is 57.0 Å². The summed E-state index contributed by atoms with van der Waals surface area (Å²) in [6.45, 7) is 2.47. The Balaban J connectivity index is 1.31. The minimum Gasteiger partial charge on any atom is -0.373 e. The number of carbonyl (C=O) groups excluding carboxylic acids is 1. The van der Waals surface area contributed by atoms with E-state index in [1.807, 2.05) is 30.3 Å². The normalized spacial score (nSPS) is 22.0. The van der Waals surface area contributed by atoms with Crippen molar-refractivity contribution in [3.05, 3.63) is 48.0 Å². The summed E-state index contributed by atoms with van der Waals surface area (Å²) in [5.41, 5.74) is 1.44. The Hall–Kier alpha value is -2.25. The van der Waals surface area contributed by atoms with Gasteiger partial charge in [0.05, 0.1) is 37.6 Å². The first-order valence-electron chi connectivity index (χ1n) is 8.56. The maximum atomic E-state index is 12.4. The van der Waals surface area contributed by atoms with E-state index in [2.05, 4.69) is 10.1 Å². The number of hydrogen-bond acceptors (Lipinski definition) is 5. The van der Waals surface area contributed by atoms with E-state index in [4.69, 9.17) is 9.47 Å². The number of rotatable bonds is 4. The van der Waals surface area contributed by atoms with Gasteiger partial charge in [-0.1, -0.05) is 6.07 Å². The third-order valence-corrected chi connectivity index (χ3v) is 4.85. The predicted molar refractivity (Wildman–Crippen MR) is 89.8 cm³/mol. The lowest BCUT2D eigenvalue weighted by atomic mass is 9.84. The summed E-state index contributed by atoms with van der Waals surface area (Å²) in [4.78, 5) is 18.4. The van der Waals surface area contributed by atoms with Crippen LogP contribution in [0.1, 0.15) is 28.8 Å². The molecule has 7 nitrogen and oxygen atoms in total. The van der Waals surface area contributed by atoms with Crippen LogP contribution >= 0.6 is 0 Å². The van der Waals surface area contributed by atoms with Crippen molar-refractivity contribution >= 4 is 5.91 Å². The molecule has 2 aliphatic rings. The van der Waals surface area contributed by atoms with Gasteiger partial charge in [0.2, 0.25) is 0 Å². The lowest BCUT2D eigenvalue weighted by molar-refractivity contribution is -0.188. The van der Waals surface area contributed by atoms with Crippen LogP contribution in [0.2, 0.25) is 0 Å². The molecule has 2 aromatic rings. The summed E-state index contributed by atoms with van der Waals surface area (Å²) in [6.07, 6.45) is 8.80. The van der Waals surface area contributed by atoms with Crippen LogP contribution in [0.4, 0.5) is 0 Å². The monoisotopic (exact) mass is 342 g/mol. The standard InChI is InChI=1S/C18H22N4O3/c1-21-10-15(9-20-21)17(23)22-12-18(13-22)7-16(4-6-25-18)24-11-14-3-2-5-19-8-14/h2-3,5,8-10,16H,4,6-7,11-13H2,1H3/t16-/m0/s1. The lowest BCUT2D eigenvalue weighted by Crippen LogP contribution is -2.67. The Morgan fingerprint density at radius 2 is 2.32 bits per heavy atom. The van der Waals surface area contributed by atoms with Crippen molar-refractivity contribution in [1.29, 1.82) is 0 Å². The molecule has 4 rings (SSSR count). The van der Waals surface area contributed by atoms with E-state index < -0.39 is 0 Å². The van der Waals surface area contributed by atoms with Crippen molar-refractivity contribution in [3.8, 4) is 0 Å². The number of ether oxygens (including phenoxy) is 2. The van der Waals surface area contributed by atoms with Gasteiger partial charge in [0.25, 0.3) is 5.91 Å². The van der Waals surface area contributed by atoms with E-state index in [0.29, 0.717) is 31.9 Å². The Labute approximate surface area is 146 Å². The van der Waals surface area contributed by atoms with Gasteiger partial charge < -0.3 is 14.4 Å². The van der Waals surface area contributed by atoms with Gasteiger partial charge in [-0.05, 0) is 18.1 Å². The molecule has 4 heterocycles. The van der Waals surface area contributed by atoms with E-state index in [-0.39, 0.29) is 17.6 Å². The van der Waals surface area contributed by atoms with Crippen molar-refractivity contribution in [1.82, 2.24) is 19.7 Å². The Kier molecular flexibility index (Phi) is 4.27. The first-order chi connectivity index (χ1) is 12.1. The van der Waals surface area contributed by atoms with Crippen LogP contribution in [0.5, 0.6) is 0 Å². The fraction of sp³-hybridized carbons (Fsp3) is 0.500. The summed E-state index contributed by atoms with van der Waals surface area (Å²) < 4.78 is 13.7. The van der Waals surface area contributed by atoms with Crippen molar-refractivity contribution in [3.63, 3.8) is 0 Å². The number of aryl methyl sites for hydroxylation is 1. The summed E-state index contributed by atoms with van der Waals surface area (Å²) >= 11 is 0. The molecule has 132 valence electrons. The molecule has 0 saturated carbocycles. The minimum absolute atomic E-state index is 0.0146. The molecule has 2 aliphatic heterocycles. The van der Waals surface area contributed by atoms with E-state index >= 15 is 0 Å². The van der Waals surface area contributed by atoms with Crippen LogP contribution in [0.15, 0.2) is 36.9 Å². The molecule has 1 atom stereocenters. The van der Waals surface area contributed by atoms with Gasteiger partial charge in [-0.2, -0.15) is 5.10 Å². The predicted octanol–water partition coefficient (Wildman–Crippen LogP) is 1.41. The van der Waals surface area contributed by atoms with E-state index in [9.17, 15) is 4.79 Å². The first kappa shape index (κ1) is 16.2. The molecule has 0 unspecified atom stereocenters. The van der Waals surface area contributed by atoms with Gasteiger partial charge in [0.1, 0.15) is 5.60 Å². The van der Waals surface area contributed by atoms with Crippen LogP contribution in [-0.2, 0) is 23.1 Å². The van der Waals surface area contributed by atoms with Gasteiger partial charge in [0, 0.05) is 38.7 Å². The van der Waals surface area contributed by atoms with Gasteiger partial charge in [-0.25, -0.2) is 0 Å². The first-order valence-corrected chi connectivity index (χ1v) is 8.56. The Morgan fingerprint density at radius 1 is 1.44 bits per heavy atom. The highest BCUT2D eigenvalue weighted by Crippen LogP contribution is 2.36. The van der Waals surface area contributed by atoms with Crippen LogP contribution in [0.3, 0.4) is 0 Å². The highest BCUT2D eigenvalue weighted by molar-refractivity contribution is 5.94. The molecular weight excluding hydrogens is 320 g/mol. The summed E-state index contributed by atoms with van der Waals surface area (Å²) in [5.74, 6) is 0.0146. The number of carbonyl (C=O) groups is 1. The quantitative estimate of drug-likeness (QED) is 0.840. The highest BCUT2D eigenvalue weighted by atomic mass is 16.5. The van der Waals surface area contributed by atoms with Crippen molar-refractivity contribution in [2.24, 2.45) is 7.05 Å². The molecule has 1 spiro atoms. The molecular formula is C18H22N4O3. The molecule has 0 bridgehead atoms. The second-order valence-electron chi connectivity index (χ2n) is 6.88. The SMILES string of the molecule is Cn1cc(C(=O)N2CC3(C[C@@H](OCc4cccnc4)CCO3)C2)cn1. The van der Waals surface area contributed by atoms with Crippen LogP contribution in [0, 0.1) is 0 Å². The fourth-order valence-corrected chi connectivity index (χ4v) is 3.55. The van der Waals surface area contributed by atoms with Crippen molar-refractivity contribution in [2.45, 2.75) is 31.2 Å². The maximum absolute atomic E-state index is 12.4. The molecule has 0 aromatic carbocycles. The lowest BCUT2D eigenvalue weighted by Gasteiger charge is -2.52. The zero-order valence-corrected chi connectivity index (χ0v) is 14.3. The topological polar surface area (TPSA) is 69.5 Å². The summed E-state index contributed by atoms with van der Waals surface area (Å²) in [6, 6.07) is 3.93. The second-order valence-corrected chi connectivity index (χ2v) is 6.88. The number of hydrogen-bond donors (Lipinski definition) is 0. The van der Waals surface area contributed by atoms with Gasteiger partial charge in [-0.15, -0.1) is 0 Å². The molecule has 25 heavy (non-hydrogen) atoms. The van der Waals surface area contributed by atoms with E-state index in [1.54, 1.807) is 23.3 Å². The number of aromatic nitrogens is 3. The smallest absolute Gasteiger partial charge is 0.257 e. The van der Waals surface area contributed by atoms with Crippen LogP contribution in [0.25, 0.3) is 0 Å². The molecule has 0 aliphatic carbocycles. The molecule has 2 fully saturated rings. The Morgan fingerprint density at radius 3 is 3.04 bits per heavy atom. The number of nitrogens with zero attached hydrogens (tertiary/aromatic N) is 4. The van der Waals surface area contributed by atoms with E-state index in [1.165, 1.54) is 0 Å². The molecule has 0 radical (unpaired) electrons. The minimum atomic E-state index is -0.254. The highest BCUT2D eigenvalue weighted by Gasteiger charge is 2.49. The number of likely N-dealkylation sites (tertiary alicyclic amines) is 1. The molecule has 7 heteroatoms. The van der Waals surface area contributed by atoms with Gasteiger partial charge in [-0.3, -0.25) is 14.5 Å². The number of pyridine rings is 1. The van der Waals surface area contributed by atoms with E-state index in [0.717, 1.165) is 18.4 Å². The molecule has 1 amide bonds. The van der Waals surface area contributed by atoms with Crippen molar-refractivity contribution in [2.75, 3.05) is 19.7 Å².